The van der Waals surface area contributed by atoms with Crippen molar-refractivity contribution in [3.8, 4) is 11.4 Å². The number of fused-ring (bicyclic) bond motifs is 1. The Balaban J connectivity index is 2.31. The molecule has 3 heterocycles. The Kier molecular flexibility index (Phi) is 2.22. The van der Waals surface area contributed by atoms with Crippen molar-refractivity contribution in [2.75, 3.05) is 0 Å². The quantitative estimate of drug-likeness (QED) is 0.619. The van der Waals surface area contributed by atoms with Gasteiger partial charge in [0.2, 0.25) is 11.1 Å². The van der Waals surface area contributed by atoms with Crippen LogP contribution in [0.2, 0.25) is 5.28 Å². The van der Waals surface area contributed by atoms with Gasteiger partial charge >= 0.3 is 0 Å². The van der Waals surface area contributed by atoms with Gasteiger partial charge in [0.15, 0.2) is 5.82 Å². The molecule has 0 aliphatic rings. The van der Waals surface area contributed by atoms with Crippen LogP contribution < -0.4 is 0 Å². The highest BCUT2D eigenvalue weighted by molar-refractivity contribution is 6.28. The van der Waals surface area contributed by atoms with Crippen LogP contribution in [0.5, 0.6) is 0 Å². The number of nitrogens with zero attached hydrogens (tertiary/aromatic N) is 5. The van der Waals surface area contributed by atoms with Crippen LogP contribution in [-0.4, -0.2) is 24.3 Å². The fourth-order valence-electron chi connectivity index (χ4n) is 1.53. The maximum atomic E-state index is 13.6. The lowest BCUT2D eigenvalue weighted by Crippen LogP contribution is -1.96. The minimum atomic E-state index is -0.556. The molecule has 3 aromatic rings. The number of rotatable bonds is 1. The lowest BCUT2D eigenvalue weighted by Gasteiger charge is -2.01. The van der Waals surface area contributed by atoms with E-state index < -0.39 is 5.82 Å². The van der Waals surface area contributed by atoms with Gasteiger partial charge in [-0.15, -0.1) is 0 Å². The van der Waals surface area contributed by atoms with Crippen molar-refractivity contribution < 1.29 is 4.39 Å². The van der Waals surface area contributed by atoms with E-state index in [1.54, 1.807) is 22.9 Å². The second kappa shape index (κ2) is 3.74. The summed E-state index contributed by atoms with van der Waals surface area (Å²) in [6, 6.07) is 1.72. The van der Waals surface area contributed by atoms with Crippen molar-refractivity contribution >= 4 is 17.4 Å². The van der Waals surface area contributed by atoms with Crippen LogP contribution in [0.1, 0.15) is 0 Å². The number of halogens is 2. The maximum absolute atomic E-state index is 13.6. The predicted molar refractivity (Wildman–Crippen MR) is 59.0 cm³/mol. The molecule has 0 radical (unpaired) electrons. The van der Waals surface area contributed by atoms with E-state index in [9.17, 15) is 4.39 Å². The monoisotopic (exact) mass is 249 g/mol. The van der Waals surface area contributed by atoms with Crippen molar-refractivity contribution in [3.05, 3.63) is 42.0 Å². The molecule has 0 bridgehead atoms. The first-order chi connectivity index (χ1) is 8.25. The van der Waals surface area contributed by atoms with E-state index in [2.05, 4.69) is 19.9 Å². The van der Waals surface area contributed by atoms with Gasteiger partial charge < -0.3 is 0 Å². The zero-order chi connectivity index (χ0) is 11.8. The summed E-state index contributed by atoms with van der Waals surface area (Å²) < 4.78 is 15.2. The third-order valence-electron chi connectivity index (χ3n) is 2.25. The Morgan fingerprint density at radius 1 is 1.18 bits per heavy atom. The van der Waals surface area contributed by atoms with Crippen molar-refractivity contribution in [3.63, 3.8) is 0 Å². The number of aromatic nitrogens is 5. The molecule has 0 saturated heterocycles. The summed E-state index contributed by atoms with van der Waals surface area (Å²) in [5.41, 5.74) is 0.584. The highest BCUT2D eigenvalue weighted by Gasteiger charge is 2.13. The SMILES string of the molecule is Fc1cnc(Cl)nc1-c1cnc2ncccn12. The molecule has 7 heteroatoms. The molecule has 0 fully saturated rings. The predicted octanol–water partition coefficient (Wildman–Crippen LogP) is 1.98. The lowest BCUT2D eigenvalue weighted by molar-refractivity contribution is 0.617. The second-order valence-corrected chi connectivity index (χ2v) is 3.61. The molecule has 17 heavy (non-hydrogen) atoms. The molecule has 5 nitrogen and oxygen atoms in total. The van der Waals surface area contributed by atoms with E-state index in [1.807, 2.05) is 0 Å². The van der Waals surface area contributed by atoms with Crippen LogP contribution in [0.3, 0.4) is 0 Å². The van der Waals surface area contributed by atoms with Gasteiger partial charge in [-0.25, -0.2) is 24.3 Å². The van der Waals surface area contributed by atoms with E-state index in [-0.39, 0.29) is 11.0 Å². The Hall–Kier alpha value is -2.08. The summed E-state index contributed by atoms with van der Waals surface area (Å²) in [6.45, 7) is 0. The molecule has 0 unspecified atom stereocenters. The van der Waals surface area contributed by atoms with Gasteiger partial charge in [0.1, 0.15) is 5.69 Å². The van der Waals surface area contributed by atoms with E-state index in [4.69, 9.17) is 11.6 Å². The number of hydrogen-bond acceptors (Lipinski definition) is 4. The molecule has 0 spiro atoms. The summed E-state index contributed by atoms with van der Waals surface area (Å²) in [4.78, 5) is 15.5. The summed E-state index contributed by atoms with van der Waals surface area (Å²) in [6.07, 6.45) is 5.85. The van der Waals surface area contributed by atoms with E-state index >= 15 is 0 Å². The third kappa shape index (κ3) is 1.62. The van der Waals surface area contributed by atoms with Crippen molar-refractivity contribution in [1.29, 1.82) is 0 Å². The smallest absolute Gasteiger partial charge is 0.234 e. The van der Waals surface area contributed by atoms with E-state index in [0.29, 0.717) is 11.5 Å². The number of hydrogen-bond donors (Lipinski definition) is 0. The molecule has 3 aromatic heterocycles. The third-order valence-corrected chi connectivity index (χ3v) is 2.43. The molecular weight excluding hydrogens is 245 g/mol. The zero-order valence-corrected chi connectivity index (χ0v) is 9.13. The minimum absolute atomic E-state index is 0.0137. The van der Waals surface area contributed by atoms with Crippen molar-refractivity contribution in [2.24, 2.45) is 0 Å². The Morgan fingerprint density at radius 2 is 2.06 bits per heavy atom. The Labute approximate surface area is 100.0 Å². The molecule has 3 rings (SSSR count). The normalized spacial score (nSPS) is 10.9. The molecule has 0 amide bonds. The highest BCUT2D eigenvalue weighted by atomic mass is 35.5. The van der Waals surface area contributed by atoms with E-state index in [0.717, 1.165) is 6.20 Å². The number of imidazole rings is 1. The van der Waals surface area contributed by atoms with Crippen LogP contribution in [0.25, 0.3) is 17.2 Å². The summed E-state index contributed by atoms with van der Waals surface area (Å²) in [5, 5.41) is -0.0137. The highest BCUT2D eigenvalue weighted by Crippen LogP contribution is 2.21. The fraction of sp³-hybridized carbons (Fsp3) is 0. The molecule has 0 aliphatic carbocycles. The molecule has 84 valence electrons. The minimum Gasteiger partial charge on any atom is -0.282 e. The standard InChI is InChI=1S/C10H5ClFN5/c11-9-14-4-6(12)8(16-9)7-5-15-10-13-2-1-3-17(7)10/h1-5H. The molecule has 0 aromatic carbocycles. The molecular formula is C10H5ClFN5. The maximum Gasteiger partial charge on any atom is 0.234 e. The van der Waals surface area contributed by atoms with Gasteiger partial charge in [-0.1, -0.05) is 0 Å². The van der Waals surface area contributed by atoms with Gasteiger partial charge in [-0.3, -0.25) is 4.40 Å². The Bertz CT molecular complexity index is 696. The molecule has 0 aliphatic heterocycles. The first-order valence-electron chi connectivity index (χ1n) is 4.72. The van der Waals surface area contributed by atoms with E-state index in [1.165, 1.54) is 6.20 Å². The Morgan fingerprint density at radius 3 is 2.94 bits per heavy atom. The van der Waals surface area contributed by atoms with Gasteiger partial charge in [-0.2, -0.15) is 0 Å². The lowest BCUT2D eigenvalue weighted by atomic mass is 10.3. The average molecular weight is 250 g/mol. The van der Waals surface area contributed by atoms with Gasteiger partial charge in [0.25, 0.3) is 0 Å². The van der Waals surface area contributed by atoms with Crippen LogP contribution >= 0.6 is 11.6 Å². The first-order valence-corrected chi connectivity index (χ1v) is 5.10. The van der Waals surface area contributed by atoms with Crippen molar-refractivity contribution in [2.45, 2.75) is 0 Å². The molecule has 0 N–H and O–H groups in total. The largest absolute Gasteiger partial charge is 0.282 e. The zero-order valence-electron chi connectivity index (χ0n) is 8.38. The van der Waals surface area contributed by atoms with Crippen LogP contribution in [0.15, 0.2) is 30.9 Å². The first kappa shape index (κ1) is 10.1. The van der Waals surface area contributed by atoms with Gasteiger partial charge in [0, 0.05) is 12.4 Å². The van der Waals surface area contributed by atoms with Crippen LogP contribution in [0.4, 0.5) is 4.39 Å². The molecule has 0 atom stereocenters. The van der Waals surface area contributed by atoms with Gasteiger partial charge in [-0.05, 0) is 17.7 Å². The average Bonchev–Trinajstić information content (AvgIpc) is 2.76. The van der Waals surface area contributed by atoms with Crippen LogP contribution in [-0.2, 0) is 0 Å². The topological polar surface area (TPSA) is 56.0 Å². The second-order valence-electron chi connectivity index (χ2n) is 3.27. The van der Waals surface area contributed by atoms with Crippen molar-refractivity contribution in [1.82, 2.24) is 24.3 Å². The fourth-order valence-corrected chi connectivity index (χ4v) is 1.66. The van der Waals surface area contributed by atoms with Crippen LogP contribution in [0, 0.1) is 5.82 Å². The summed E-state index contributed by atoms with van der Waals surface area (Å²) in [5.74, 6) is -0.0864. The summed E-state index contributed by atoms with van der Waals surface area (Å²) in [7, 11) is 0. The molecule has 0 saturated carbocycles. The van der Waals surface area contributed by atoms with Gasteiger partial charge in [0.05, 0.1) is 18.1 Å². The summed E-state index contributed by atoms with van der Waals surface area (Å²) >= 11 is 5.65.